The molecule has 4 unspecified atom stereocenters. The predicted molar refractivity (Wildman–Crippen MR) is 54.0 cm³/mol. The summed E-state index contributed by atoms with van der Waals surface area (Å²) in [7, 11) is 0. The van der Waals surface area contributed by atoms with Gasteiger partial charge in [-0.15, -0.1) is 0 Å². The van der Waals surface area contributed by atoms with Gasteiger partial charge in [0.1, 0.15) is 0 Å². The number of epoxide rings is 1. The fourth-order valence-corrected chi connectivity index (χ4v) is 2.59. The molecule has 90 valence electrons. The van der Waals surface area contributed by atoms with Gasteiger partial charge in [-0.2, -0.15) is 0 Å². The molecule has 0 amide bonds. The average Bonchev–Trinajstić information content (AvgIpc) is 2.93. The molecule has 5 heteroatoms. The number of aliphatic carboxylic acids is 2. The minimum Gasteiger partial charge on any atom is -0.481 e. The molecular formula is C11H16O5. The number of hydrogen-bond donors (Lipinski definition) is 2. The van der Waals surface area contributed by atoms with Crippen molar-refractivity contribution in [3.63, 3.8) is 0 Å². The Morgan fingerprint density at radius 3 is 2.56 bits per heavy atom. The van der Waals surface area contributed by atoms with E-state index in [1.807, 2.05) is 0 Å². The molecule has 0 bridgehead atoms. The van der Waals surface area contributed by atoms with Crippen LogP contribution in [0.1, 0.15) is 32.1 Å². The van der Waals surface area contributed by atoms with Gasteiger partial charge in [0.15, 0.2) is 0 Å². The maximum absolute atomic E-state index is 10.9. The molecule has 2 N–H and O–H groups in total. The van der Waals surface area contributed by atoms with Gasteiger partial charge in [-0.05, 0) is 31.6 Å². The van der Waals surface area contributed by atoms with Crippen LogP contribution in [0.5, 0.6) is 0 Å². The molecule has 0 aromatic carbocycles. The summed E-state index contributed by atoms with van der Waals surface area (Å²) in [6, 6.07) is 0. The summed E-state index contributed by atoms with van der Waals surface area (Å²) in [4.78, 5) is 21.4. The van der Waals surface area contributed by atoms with Crippen molar-refractivity contribution in [2.75, 3.05) is 0 Å². The van der Waals surface area contributed by atoms with Crippen LogP contribution < -0.4 is 0 Å². The summed E-state index contributed by atoms with van der Waals surface area (Å²) >= 11 is 0. The molecule has 0 aromatic heterocycles. The van der Waals surface area contributed by atoms with Gasteiger partial charge < -0.3 is 14.9 Å². The third-order valence-electron chi connectivity index (χ3n) is 3.50. The number of fused-ring (bicyclic) bond motifs is 1. The van der Waals surface area contributed by atoms with Crippen LogP contribution in [0.15, 0.2) is 0 Å². The first-order chi connectivity index (χ1) is 7.56. The highest BCUT2D eigenvalue weighted by Gasteiger charge is 2.44. The van der Waals surface area contributed by atoms with Crippen molar-refractivity contribution in [1.29, 1.82) is 0 Å². The van der Waals surface area contributed by atoms with Crippen LogP contribution in [0.2, 0.25) is 0 Å². The molecule has 2 aliphatic rings. The van der Waals surface area contributed by atoms with E-state index in [0.29, 0.717) is 24.5 Å². The van der Waals surface area contributed by atoms with Crippen molar-refractivity contribution in [2.45, 2.75) is 44.3 Å². The predicted octanol–water partition coefficient (Wildman–Crippen LogP) is 1.12. The highest BCUT2D eigenvalue weighted by atomic mass is 16.6. The van der Waals surface area contributed by atoms with Crippen LogP contribution >= 0.6 is 0 Å². The molecule has 5 nitrogen and oxygen atoms in total. The van der Waals surface area contributed by atoms with Crippen LogP contribution in [0.4, 0.5) is 0 Å². The Bertz CT molecular complexity index is 301. The summed E-state index contributed by atoms with van der Waals surface area (Å²) in [5.41, 5.74) is 0. The van der Waals surface area contributed by atoms with Crippen molar-refractivity contribution in [3.05, 3.63) is 0 Å². The van der Waals surface area contributed by atoms with Crippen LogP contribution in [-0.2, 0) is 14.3 Å². The quantitative estimate of drug-likeness (QED) is 0.688. The lowest BCUT2D eigenvalue weighted by molar-refractivity contribution is -0.149. The first kappa shape index (κ1) is 11.4. The Morgan fingerprint density at radius 1 is 1.25 bits per heavy atom. The molecule has 1 saturated heterocycles. The van der Waals surface area contributed by atoms with Crippen molar-refractivity contribution < 1.29 is 24.5 Å². The molecule has 1 saturated carbocycles. The van der Waals surface area contributed by atoms with Gasteiger partial charge in [-0.25, -0.2) is 0 Å². The van der Waals surface area contributed by atoms with Crippen LogP contribution in [0, 0.1) is 11.8 Å². The minimum absolute atomic E-state index is 0.277. The molecule has 4 atom stereocenters. The highest BCUT2D eigenvalue weighted by Crippen LogP contribution is 2.41. The largest absolute Gasteiger partial charge is 0.481 e. The van der Waals surface area contributed by atoms with E-state index in [1.165, 1.54) is 0 Å². The van der Waals surface area contributed by atoms with Gasteiger partial charge >= 0.3 is 11.9 Å². The molecule has 2 rings (SSSR count). The Hall–Kier alpha value is -1.10. The van der Waals surface area contributed by atoms with E-state index < -0.39 is 17.9 Å². The molecule has 0 radical (unpaired) electrons. The maximum atomic E-state index is 10.9. The second-order valence-corrected chi connectivity index (χ2v) is 4.76. The van der Waals surface area contributed by atoms with Gasteiger partial charge in [0.25, 0.3) is 0 Å². The third-order valence-corrected chi connectivity index (χ3v) is 3.50. The SMILES string of the molecule is O=C(O)CC(CC1CCC2OC2C1)C(=O)O. The zero-order valence-electron chi connectivity index (χ0n) is 8.96. The first-order valence-corrected chi connectivity index (χ1v) is 5.66. The van der Waals surface area contributed by atoms with Crippen molar-refractivity contribution in [1.82, 2.24) is 0 Å². The number of carbonyl (C=O) groups is 2. The number of ether oxygens (including phenoxy) is 1. The standard InChI is InChI=1S/C11H16O5/c12-10(13)5-7(11(14)15)3-6-1-2-8-9(4-6)16-8/h6-9H,1-5H2,(H,12,13)(H,14,15). The van der Waals surface area contributed by atoms with Crippen molar-refractivity contribution >= 4 is 11.9 Å². The molecule has 0 spiro atoms. The van der Waals surface area contributed by atoms with Crippen LogP contribution in [-0.4, -0.2) is 34.4 Å². The normalized spacial score (nSPS) is 33.9. The zero-order valence-corrected chi connectivity index (χ0v) is 8.96. The van der Waals surface area contributed by atoms with Gasteiger partial charge in [-0.3, -0.25) is 9.59 Å². The Labute approximate surface area is 93.4 Å². The summed E-state index contributed by atoms with van der Waals surface area (Å²) in [5, 5.41) is 17.6. The van der Waals surface area contributed by atoms with E-state index in [0.717, 1.165) is 19.3 Å². The van der Waals surface area contributed by atoms with Gasteiger partial charge in [-0.1, -0.05) is 0 Å². The van der Waals surface area contributed by atoms with Crippen molar-refractivity contribution in [2.24, 2.45) is 11.8 Å². The summed E-state index contributed by atoms with van der Waals surface area (Å²) in [6.45, 7) is 0. The summed E-state index contributed by atoms with van der Waals surface area (Å²) in [6.07, 6.45) is 3.76. The number of hydrogen-bond acceptors (Lipinski definition) is 3. The lowest BCUT2D eigenvalue weighted by Crippen LogP contribution is -2.23. The van der Waals surface area contributed by atoms with Gasteiger partial charge in [0, 0.05) is 0 Å². The van der Waals surface area contributed by atoms with E-state index in [-0.39, 0.29) is 6.42 Å². The number of carboxylic acid groups (broad SMARTS) is 2. The summed E-state index contributed by atoms with van der Waals surface area (Å²) in [5.74, 6) is -2.48. The molecular weight excluding hydrogens is 212 g/mol. The van der Waals surface area contributed by atoms with Crippen molar-refractivity contribution in [3.8, 4) is 0 Å². The smallest absolute Gasteiger partial charge is 0.307 e. The first-order valence-electron chi connectivity index (χ1n) is 5.66. The van der Waals surface area contributed by atoms with E-state index in [4.69, 9.17) is 14.9 Å². The topological polar surface area (TPSA) is 87.1 Å². The fourth-order valence-electron chi connectivity index (χ4n) is 2.59. The molecule has 0 aromatic rings. The number of carboxylic acids is 2. The third kappa shape index (κ3) is 2.72. The Morgan fingerprint density at radius 2 is 2.00 bits per heavy atom. The highest BCUT2D eigenvalue weighted by molar-refractivity contribution is 5.77. The van der Waals surface area contributed by atoms with Crippen LogP contribution in [0.25, 0.3) is 0 Å². The molecule has 1 heterocycles. The Balaban J connectivity index is 1.84. The van der Waals surface area contributed by atoms with Gasteiger partial charge in [0.05, 0.1) is 24.5 Å². The lowest BCUT2D eigenvalue weighted by atomic mass is 9.82. The molecule has 1 aliphatic heterocycles. The second kappa shape index (κ2) is 4.41. The molecule has 16 heavy (non-hydrogen) atoms. The molecule has 2 fully saturated rings. The van der Waals surface area contributed by atoms with E-state index >= 15 is 0 Å². The fraction of sp³-hybridized carbons (Fsp3) is 0.818. The second-order valence-electron chi connectivity index (χ2n) is 4.76. The molecule has 1 aliphatic carbocycles. The maximum Gasteiger partial charge on any atom is 0.307 e. The monoisotopic (exact) mass is 228 g/mol. The van der Waals surface area contributed by atoms with E-state index in [9.17, 15) is 9.59 Å². The zero-order chi connectivity index (χ0) is 11.7. The van der Waals surface area contributed by atoms with Gasteiger partial charge in [0.2, 0.25) is 0 Å². The lowest BCUT2D eigenvalue weighted by Gasteiger charge is -2.21. The number of rotatable bonds is 5. The minimum atomic E-state index is -1.04. The summed E-state index contributed by atoms with van der Waals surface area (Å²) < 4.78 is 5.37. The van der Waals surface area contributed by atoms with Crippen LogP contribution in [0.3, 0.4) is 0 Å². The average molecular weight is 228 g/mol. The van der Waals surface area contributed by atoms with E-state index in [1.54, 1.807) is 0 Å². The Kier molecular flexibility index (Phi) is 3.14. The van der Waals surface area contributed by atoms with E-state index in [2.05, 4.69) is 0 Å².